The first-order chi connectivity index (χ1) is 18.4. The Morgan fingerprint density at radius 1 is 0.432 bits per heavy atom. The van der Waals surface area contributed by atoms with Crippen molar-refractivity contribution in [1.82, 2.24) is 0 Å². The summed E-state index contributed by atoms with van der Waals surface area (Å²) >= 11 is 0. The second-order valence-corrected chi connectivity index (χ2v) is 14.1. The van der Waals surface area contributed by atoms with Crippen LogP contribution < -0.4 is 15.9 Å². The summed E-state index contributed by atoms with van der Waals surface area (Å²) in [6.07, 6.45) is 25.1. The molecular formula is C36H50P+. The van der Waals surface area contributed by atoms with Gasteiger partial charge in [-0.15, -0.1) is 0 Å². The van der Waals surface area contributed by atoms with Gasteiger partial charge in [-0.3, -0.25) is 0 Å². The van der Waals surface area contributed by atoms with E-state index in [1.54, 1.807) is 0 Å². The van der Waals surface area contributed by atoms with Gasteiger partial charge in [0.1, 0.15) is 23.2 Å². The number of allylic oxidation sites excluding steroid dienone is 2. The van der Waals surface area contributed by atoms with E-state index >= 15 is 0 Å². The minimum Gasteiger partial charge on any atom is -0.0885 e. The summed E-state index contributed by atoms with van der Waals surface area (Å²) in [7, 11) is -1.65. The average Bonchev–Trinajstić information content (AvgIpc) is 2.96. The lowest BCUT2D eigenvalue weighted by atomic mass is 10.1. The zero-order chi connectivity index (χ0) is 25.9. The molecule has 0 radical (unpaired) electrons. The third-order valence-corrected chi connectivity index (χ3v) is 12.1. The molecular weight excluding hydrogens is 463 g/mol. The van der Waals surface area contributed by atoms with Gasteiger partial charge in [0.05, 0.1) is 6.16 Å². The van der Waals surface area contributed by atoms with Gasteiger partial charge < -0.3 is 0 Å². The van der Waals surface area contributed by atoms with Gasteiger partial charge in [0.2, 0.25) is 0 Å². The molecule has 0 nitrogen and oxygen atoms in total. The van der Waals surface area contributed by atoms with Gasteiger partial charge >= 0.3 is 0 Å². The fourth-order valence-corrected chi connectivity index (χ4v) is 9.89. The van der Waals surface area contributed by atoms with Crippen LogP contribution in [0.15, 0.2) is 103 Å². The van der Waals surface area contributed by atoms with Crippen LogP contribution in [0.1, 0.15) is 96.8 Å². The highest BCUT2D eigenvalue weighted by Crippen LogP contribution is 2.56. The van der Waals surface area contributed by atoms with Gasteiger partial charge in [-0.25, -0.2) is 0 Å². The van der Waals surface area contributed by atoms with Gasteiger partial charge in [0.15, 0.2) is 0 Å². The third-order valence-electron chi connectivity index (χ3n) is 7.60. The maximum absolute atomic E-state index is 2.43. The standard InChI is InChI=1S/C36H50P/c1-2-3-4-5-6-7-8-9-10-11-12-13-14-15-16-26-33-37(34-27-20-17-21-28-34,35-29-22-18-23-30-35)36-31-24-19-25-32-36/h9-10,17-25,27-32H,2-8,11-16,26,33H2,1H3/q+1/b10-9-. The van der Waals surface area contributed by atoms with Crippen molar-refractivity contribution in [2.75, 3.05) is 6.16 Å². The summed E-state index contributed by atoms with van der Waals surface area (Å²) in [4.78, 5) is 0. The normalized spacial score (nSPS) is 11.8. The minimum absolute atomic E-state index is 1.26. The number of hydrogen-bond acceptors (Lipinski definition) is 0. The Bertz CT molecular complexity index is 865. The molecule has 198 valence electrons. The van der Waals surface area contributed by atoms with Gasteiger partial charge in [-0.2, -0.15) is 0 Å². The molecule has 3 aromatic carbocycles. The molecule has 0 spiro atoms. The lowest BCUT2D eigenvalue weighted by Gasteiger charge is -2.27. The van der Waals surface area contributed by atoms with Crippen LogP contribution in [0.3, 0.4) is 0 Å². The van der Waals surface area contributed by atoms with Crippen LogP contribution >= 0.6 is 7.26 Å². The highest BCUT2D eigenvalue weighted by molar-refractivity contribution is 7.95. The summed E-state index contributed by atoms with van der Waals surface area (Å²) in [5.41, 5.74) is 0. The zero-order valence-corrected chi connectivity index (χ0v) is 24.3. The minimum atomic E-state index is -1.65. The van der Waals surface area contributed by atoms with Crippen molar-refractivity contribution in [3.63, 3.8) is 0 Å². The summed E-state index contributed by atoms with van der Waals surface area (Å²) in [5.74, 6) is 0. The van der Waals surface area contributed by atoms with Crippen molar-refractivity contribution >= 4 is 23.2 Å². The van der Waals surface area contributed by atoms with Crippen molar-refractivity contribution in [3.8, 4) is 0 Å². The first-order valence-electron chi connectivity index (χ1n) is 15.1. The molecule has 0 aliphatic heterocycles. The molecule has 0 fully saturated rings. The van der Waals surface area contributed by atoms with Gasteiger partial charge in [0, 0.05) is 0 Å². The molecule has 0 saturated carbocycles. The number of hydrogen-bond donors (Lipinski definition) is 0. The van der Waals surface area contributed by atoms with Crippen molar-refractivity contribution in [2.24, 2.45) is 0 Å². The Kier molecular flexibility index (Phi) is 14.4. The Balaban J connectivity index is 1.44. The predicted molar refractivity (Wildman–Crippen MR) is 169 cm³/mol. The van der Waals surface area contributed by atoms with Crippen LogP contribution in [0.2, 0.25) is 0 Å². The summed E-state index contributed by atoms with van der Waals surface area (Å²) in [5, 5.41) is 4.54. The number of benzene rings is 3. The van der Waals surface area contributed by atoms with E-state index in [0.29, 0.717) is 0 Å². The van der Waals surface area contributed by atoms with E-state index in [2.05, 4.69) is 110 Å². The van der Waals surface area contributed by atoms with Crippen LogP contribution in [0.5, 0.6) is 0 Å². The molecule has 0 N–H and O–H groups in total. The molecule has 0 bridgehead atoms. The molecule has 3 aromatic rings. The van der Waals surface area contributed by atoms with Gasteiger partial charge in [0.25, 0.3) is 0 Å². The summed E-state index contributed by atoms with van der Waals surface area (Å²) in [6, 6.07) is 34.0. The van der Waals surface area contributed by atoms with Crippen LogP contribution in [-0.4, -0.2) is 6.16 Å². The lowest BCUT2D eigenvalue weighted by molar-refractivity contribution is 0.607. The Morgan fingerprint density at radius 2 is 0.784 bits per heavy atom. The molecule has 0 aromatic heterocycles. The molecule has 3 rings (SSSR count). The van der Waals surface area contributed by atoms with Crippen LogP contribution in [-0.2, 0) is 0 Å². The van der Waals surface area contributed by atoms with Crippen LogP contribution in [0, 0.1) is 0 Å². The highest BCUT2D eigenvalue weighted by atomic mass is 31.2. The molecule has 0 saturated heterocycles. The van der Waals surface area contributed by atoms with Crippen LogP contribution in [0.4, 0.5) is 0 Å². The average molecular weight is 514 g/mol. The lowest BCUT2D eigenvalue weighted by Crippen LogP contribution is -2.33. The second kappa shape index (κ2) is 18.1. The van der Waals surface area contributed by atoms with Crippen molar-refractivity contribution in [3.05, 3.63) is 103 Å². The van der Waals surface area contributed by atoms with Crippen molar-refractivity contribution < 1.29 is 0 Å². The number of unbranched alkanes of at least 4 members (excludes halogenated alkanes) is 12. The molecule has 0 atom stereocenters. The zero-order valence-electron chi connectivity index (χ0n) is 23.4. The maximum atomic E-state index is 2.43. The third kappa shape index (κ3) is 9.90. The fourth-order valence-electron chi connectivity index (χ4n) is 5.48. The Hall–Kier alpha value is -2.17. The van der Waals surface area contributed by atoms with E-state index in [9.17, 15) is 0 Å². The van der Waals surface area contributed by atoms with Gasteiger partial charge in [-0.1, -0.05) is 125 Å². The largest absolute Gasteiger partial charge is 0.112 e. The Morgan fingerprint density at radius 3 is 1.19 bits per heavy atom. The predicted octanol–water partition coefficient (Wildman–Crippen LogP) is 10.0. The highest BCUT2D eigenvalue weighted by Gasteiger charge is 2.44. The molecule has 0 amide bonds. The molecule has 1 heteroatoms. The Labute approximate surface area is 229 Å². The van der Waals surface area contributed by atoms with E-state index in [1.807, 2.05) is 0 Å². The molecule has 0 aliphatic carbocycles. The molecule has 0 aliphatic rings. The van der Waals surface area contributed by atoms with E-state index in [0.717, 1.165) is 0 Å². The van der Waals surface area contributed by atoms with Crippen molar-refractivity contribution in [2.45, 2.75) is 96.8 Å². The van der Waals surface area contributed by atoms with E-state index < -0.39 is 7.26 Å². The van der Waals surface area contributed by atoms with E-state index in [1.165, 1.54) is 112 Å². The molecule has 37 heavy (non-hydrogen) atoms. The van der Waals surface area contributed by atoms with Crippen LogP contribution in [0.25, 0.3) is 0 Å². The molecule has 0 unspecified atom stereocenters. The fraction of sp³-hybridized carbons (Fsp3) is 0.444. The smallest absolute Gasteiger partial charge is 0.0885 e. The van der Waals surface area contributed by atoms with E-state index in [-0.39, 0.29) is 0 Å². The topological polar surface area (TPSA) is 0 Å². The first-order valence-corrected chi connectivity index (χ1v) is 17.1. The summed E-state index contributed by atoms with van der Waals surface area (Å²) < 4.78 is 0. The number of rotatable bonds is 19. The monoisotopic (exact) mass is 513 g/mol. The quantitative estimate of drug-likeness (QED) is 0.0850. The SMILES string of the molecule is CCCCCCCC/C=C\CCCCCCCC[P+](c1ccccc1)(c1ccccc1)c1ccccc1. The summed E-state index contributed by atoms with van der Waals surface area (Å²) in [6.45, 7) is 2.29. The first kappa shape index (κ1) is 29.4. The molecule has 0 heterocycles. The van der Waals surface area contributed by atoms with Gasteiger partial charge in [-0.05, 0) is 74.9 Å². The maximum Gasteiger partial charge on any atom is 0.112 e. The van der Waals surface area contributed by atoms with Crippen molar-refractivity contribution in [1.29, 1.82) is 0 Å². The second-order valence-electron chi connectivity index (χ2n) is 10.5. The van der Waals surface area contributed by atoms with E-state index in [4.69, 9.17) is 0 Å².